The lowest BCUT2D eigenvalue weighted by atomic mass is 10.1. The molecule has 100 valence electrons. The van der Waals surface area contributed by atoms with E-state index in [1.807, 2.05) is 24.3 Å². The van der Waals surface area contributed by atoms with Crippen molar-refractivity contribution in [1.82, 2.24) is 14.6 Å². The smallest absolute Gasteiger partial charge is 0.213 e. The standard InChI is InChI=1S/C14H10BrN3OS/c15-10-5-3-8(4-6-10)12-11(7-19)18-14(16-12)20-13(17-18)9-1-2-9/h3-7,9H,1-2H2. The molecule has 0 bridgehead atoms. The van der Waals surface area contributed by atoms with E-state index in [1.54, 1.807) is 15.9 Å². The Hall–Kier alpha value is -1.53. The highest BCUT2D eigenvalue weighted by molar-refractivity contribution is 9.10. The molecule has 1 aliphatic rings. The van der Waals surface area contributed by atoms with Crippen LogP contribution in [0.15, 0.2) is 28.7 Å². The first-order chi connectivity index (χ1) is 9.76. The van der Waals surface area contributed by atoms with E-state index in [2.05, 4.69) is 26.0 Å². The van der Waals surface area contributed by atoms with Crippen LogP contribution >= 0.6 is 27.3 Å². The first-order valence-corrected chi connectivity index (χ1v) is 7.98. The number of fused-ring (bicyclic) bond motifs is 1. The Balaban J connectivity index is 1.88. The molecule has 1 saturated carbocycles. The Labute approximate surface area is 127 Å². The molecule has 6 heteroatoms. The summed E-state index contributed by atoms with van der Waals surface area (Å²) in [5.74, 6) is 0.581. The maximum absolute atomic E-state index is 11.4. The molecule has 0 saturated heterocycles. The van der Waals surface area contributed by atoms with Gasteiger partial charge in [-0.05, 0) is 25.0 Å². The number of rotatable bonds is 3. The Bertz CT molecular complexity index is 802. The van der Waals surface area contributed by atoms with Gasteiger partial charge in [-0.25, -0.2) is 4.98 Å². The van der Waals surface area contributed by atoms with E-state index in [4.69, 9.17) is 0 Å². The highest BCUT2D eigenvalue weighted by Gasteiger charge is 2.29. The van der Waals surface area contributed by atoms with Crippen molar-refractivity contribution in [2.24, 2.45) is 0 Å². The SMILES string of the molecule is O=Cc1c(-c2ccc(Br)cc2)nc2sc(C3CC3)nn12. The third kappa shape index (κ3) is 1.91. The first-order valence-electron chi connectivity index (χ1n) is 6.37. The number of halogens is 1. The topological polar surface area (TPSA) is 47.3 Å². The molecule has 0 unspecified atom stereocenters. The van der Waals surface area contributed by atoms with Crippen LogP contribution in [0.2, 0.25) is 0 Å². The lowest BCUT2D eigenvalue weighted by Crippen LogP contribution is -1.94. The van der Waals surface area contributed by atoms with Crippen molar-refractivity contribution in [2.45, 2.75) is 18.8 Å². The largest absolute Gasteiger partial charge is 0.296 e. The van der Waals surface area contributed by atoms with E-state index in [-0.39, 0.29) is 0 Å². The number of hydrogen-bond donors (Lipinski definition) is 0. The number of aromatic nitrogens is 3. The van der Waals surface area contributed by atoms with Crippen LogP contribution in [0.5, 0.6) is 0 Å². The van der Waals surface area contributed by atoms with Crippen LogP contribution in [0.4, 0.5) is 0 Å². The average molecular weight is 348 g/mol. The van der Waals surface area contributed by atoms with Crippen molar-refractivity contribution in [1.29, 1.82) is 0 Å². The van der Waals surface area contributed by atoms with E-state index < -0.39 is 0 Å². The molecule has 20 heavy (non-hydrogen) atoms. The molecule has 0 N–H and O–H groups in total. The summed E-state index contributed by atoms with van der Waals surface area (Å²) in [5.41, 5.74) is 2.17. The molecule has 0 aliphatic heterocycles. The fourth-order valence-electron chi connectivity index (χ4n) is 2.20. The highest BCUT2D eigenvalue weighted by atomic mass is 79.9. The molecular weight excluding hydrogens is 338 g/mol. The van der Waals surface area contributed by atoms with Gasteiger partial charge in [-0.15, -0.1) is 0 Å². The van der Waals surface area contributed by atoms with Gasteiger partial charge in [0.25, 0.3) is 0 Å². The molecule has 4 rings (SSSR count). The summed E-state index contributed by atoms with van der Waals surface area (Å²) in [6, 6.07) is 7.79. The molecule has 1 fully saturated rings. The number of hydrogen-bond acceptors (Lipinski definition) is 4. The molecule has 4 nitrogen and oxygen atoms in total. The minimum Gasteiger partial charge on any atom is -0.296 e. The van der Waals surface area contributed by atoms with Gasteiger partial charge < -0.3 is 0 Å². The number of aldehydes is 1. The van der Waals surface area contributed by atoms with Crippen LogP contribution in [0, 0.1) is 0 Å². The van der Waals surface area contributed by atoms with Crippen LogP contribution in [0.3, 0.4) is 0 Å². The Morgan fingerprint density at radius 1 is 1.30 bits per heavy atom. The highest BCUT2D eigenvalue weighted by Crippen LogP contribution is 2.42. The second-order valence-electron chi connectivity index (χ2n) is 4.88. The van der Waals surface area contributed by atoms with Crippen LogP contribution in [0.25, 0.3) is 16.2 Å². The predicted octanol–water partition coefficient (Wildman–Crippen LogP) is 3.91. The number of benzene rings is 1. The van der Waals surface area contributed by atoms with Crippen LogP contribution in [-0.2, 0) is 0 Å². The lowest BCUT2D eigenvalue weighted by Gasteiger charge is -1.98. The third-order valence-electron chi connectivity index (χ3n) is 3.41. The van der Waals surface area contributed by atoms with Gasteiger partial charge in [0.2, 0.25) is 4.96 Å². The fraction of sp³-hybridized carbons (Fsp3) is 0.214. The molecule has 3 aromatic rings. The van der Waals surface area contributed by atoms with Crippen molar-refractivity contribution in [3.8, 4) is 11.3 Å². The fourth-order valence-corrected chi connectivity index (χ4v) is 3.54. The Morgan fingerprint density at radius 3 is 2.70 bits per heavy atom. The lowest BCUT2D eigenvalue weighted by molar-refractivity contribution is 0.111. The quantitative estimate of drug-likeness (QED) is 0.674. The monoisotopic (exact) mass is 347 g/mol. The van der Waals surface area contributed by atoms with Gasteiger partial charge in [0.15, 0.2) is 6.29 Å². The summed E-state index contributed by atoms with van der Waals surface area (Å²) in [7, 11) is 0. The molecular formula is C14H10BrN3OS. The summed E-state index contributed by atoms with van der Waals surface area (Å²) in [6.45, 7) is 0. The zero-order chi connectivity index (χ0) is 13.7. The zero-order valence-corrected chi connectivity index (χ0v) is 12.8. The average Bonchev–Trinajstić information content (AvgIpc) is 3.13. The molecule has 0 spiro atoms. The van der Waals surface area contributed by atoms with Crippen molar-refractivity contribution < 1.29 is 4.79 Å². The van der Waals surface area contributed by atoms with Crippen molar-refractivity contribution in [3.05, 3.63) is 39.4 Å². The normalized spacial score (nSPS) is 14.8. The van der Waals surface area contributed by atoms with E-state index in [0.717, 1.165) is 26.3 Å². The van der Waals surface area contributed by atoms with Gasteiger partial charge in [0, 0.05) is 16.0 Å². The summed E-state index contributed by atoms with van der Waals surface area (Å²) in [5, 5.41) is 5.64. The number of carbonyl (C=O) groups excluding carboxylic acids is 1. The Kier molecular flexibility index (Phi) is 2.75. The second-order valence-corrected chi connectivity index (χ2v) is 6.78. The van der Waals surface area contributed by atoms with E-state index in [9.17, 15) is 4.79 Å². The summed E-state index contributed by atoms with van der Waals surface area (Å²) in [4.78, 5) is 16.8. The molecule has 1 aliphatic carbocycles. The molecule has 1 aromatic carbocycles. The van der Waals surface area contributed by atoms with E-state index in [1.165, 1.54) is 12.8 Å². The molecule has 0 radical (unpaired) electrons. The maximum Gasteiger partial charge on any atom is 0.213 e. The molecule has 0 atom stereocenters. The molecule has 2 heterocycles. The second kappa shape index (κ2) is 4.49. The minimum atomic E-state index is 0.533. The van der Waals surface area contributed by atoms with Gasteiger partial charge in [-0.1, -0.05) is 39.4 Å². The van der Waals surface area contributed by atoms with Gasteiger partial charge in [0.1, 0.15) is 16.4 Å². The molecule has 2 aromatic heterocycles. The van der Waals surface area contributed by atoms with E-state index in [0.29, 0.717) is 17.3 Å². The number of imidazole rings is 1. The number of carbonyl (C=O) groups is 1. The van der Waals surface area contributed by atoms with Gasteiger partial charge in [-0.2, -0.15) is 9.61 Å². The van der Waals surface area contributed by atoms with Gasteiger partial charge >= 0.3 is 0 Å². The molecule has 0 amide bonds. The van der Waals surface area contributed by atoms with Crippen LogP contribution < -0.4 is 0 Å². The summed E-state index contributed by atoms with van der Waals surface area (Å²) in [6.07, 6.45) is 3.24. The van der Waals surface area contributed by atoms with Crippen molar-refractivity contribution in [3.63, 3.8) is 0 Å². The predicted molar refractivity (Wildman–Crippen MR) is 81.4 cm³/mol. The van der Waals surface area contributed by atoms with Crippen molar-refractivity contribution in [2.75, 3.05) is 0 Å². The van der Waals surface area contributed by atoms with E-state index >= 15 is 0 Å². The van der Waals surface area contributed by atoms with Crippen LogP contribution in [-0.4, -0.2) is 20.9 Å². The Morgan fingerprint density at radius 2 is 2.05 bits per heavy atom. The summed E-state index contributed by atoms with van der Waals surface area (Å²) >= 11 is 5.00. The number of nitrogens with zero attached hydrogens (tertiary/aromatic N) is 3. The zero-order valence-electron chi connectivity index (χ0n) is 10.4. The third-order valence-corrected chi connectivity index (χ3v) is 5.01. The minimum absolute atomic E-state index is 0.533. The summed E-state index contributed by atoms with van der Waals surface area (Å²) < 4.78 is 2.69. The maximum atomic E-state index is 11.4. The van der Waals surface area contributed by atoms with Crippen LogP contribution in [0.1, 0.15) is 34.3 Å². The van der Waals surface area contributed by atoms with Crippen molar-refractivity contribution >= 4 is 38.5 Å². The van der Waals surface area contributed by atoms with Gasteiger partial charge in [0.05, 0.1) is 0 Å². The first kappa shape index (κ1) is 12.2. The van der Waals surface area contributed by atoms with Gasteiger partial charge in [-0.3, -0.25) is 4.79 Å².